The Hall–Kier alpha value is -1.13. The Morgan fingerprint density at radius 1 is 1.35 bits per heavy atom. The molecule has 1 aromatic heterocycles. The smallest absolute Gasteiger partial charge is 0.256 e. The summed E-state index contributed by atoms with van der Waals surface area (Å²) >= 11 is 9.10. The van der Waals surface area contributed by atoms with Crippen LogP contribution in [-0.2, 0) is 5.88 Å². The summed E-state index contributed by atoms with van der Waals surface area (Å²) in [6.45, 7) is 4.10. The van der Waals surface area contributed by atoms with E-state index in [9.17, 15) is 4.39 Å². The zero-order valence-electron chi connectivity index (χ0n) is 11.2. The second kappa shape index (κ2) is 6.55. The molecule has 1 aromatic carbocycles. The molecule has 106 valence electrons. The van der Waals surface area contributed by atoms with Gasteiger partial charge in [-0.25, -0.2) is 9.37 Å². The fraction of sp³-hybridized carbons (Fsp3) is 0.267. The highest BCUT2D eigenvalue weighted by Gasteiger charge is 2.14. The van der Waals surface area contributed by atoms with E-state index in [0.29, 0.717) is 11.3 Å². The quantitative estimate of drug-likeness (QED) is 0.660. The molecule has 2 rings (SSSR count). The highest BCUT2D eigenvalue weighted by Crippen LogP contribution is 2.33. The van der Waals surface area contributed by atoms with E-state index in [1.165, 1.54) is 6.20 Å². The third-order valence-corrected chi connectivity index (χ3v) is 3.66. The molecule has 0 radical (unpaired) electrons. The van der Waals surface area contributed by atoms with Crippen LogP contribution < -0.4 is 4.74 Å². The standard InChI is InChI=1S/C15H14BrClFNO/c1-9(2)12-7-11(16)3-4-13(12)20-15-14(18)10(8-17)5-6-19-15/h3-7,9H,8H2,1-2H3. The summed E-state index contributed by atoms with van der Waals surface area (Å²) in [6, 6.07) is 7.15. The molecular weight excluding hydrogens is 345 g/mol. The summed E-state index contributed by atoms with van der Waals surface area (Å²) in [5, 5.41) is 0. The van der Waals surface area contributed by atoms with Gasteiger partial charge in [-0.2, -0.15) is 0 Å². The van der Waals surface area contributed by atoms with Gasteiger partial charge >= 0.3 is 0 Å². The van der Waals surface area contributed by atoms with Crippen LogP contribution in [0, 0.1) is 5.82 Å². The van der Waals surface area contributed by atoms with Crippen LogP contribution in [0.2, 0.25) is 0 Å². The van der Waals surface area contributed by atoms with Gasteiger partial charge in [0, 0.05) is 16.2 Å². The average Bonchev–Trinajstić information content (AvgIpc) is 2.42. The number of nitrogens with zero attached hydrogens (tertiary/aromatic N) is 1. The largest absolute Gasteiger partial charge is 0.436 e. The van der Waals surface area contributed by atoms with Gasteiger partial charge in [-0.15, -0.1) is 11.6 Å². The first-order valence-electron chi connectivity index (χ1n) is 6.19. The van der Waals surface area contributed by atoms with Crippen molar-refractivity contribution in [3.05, 3.63) is 51.9 Å². The minimum Gasteiger partial charge on any atom is -0.436 e. The molecule has 0 saturated heterocycles. The van der Waals surface area contributed by atoms with Crippen molar-refractivity contribution in [3.8, 4) is 11.6 Å². The lowest BCUT2D eigenvalue weighted by molar-refractivity contribution is 0.414. The summed E-state index contributed by atoms with van der Waals surface area (Å²) in [7, 11) is 0. The molecule has 0 N–H and O–H groups in total. The van der Waals surface area contributed by atoms with E-state index in [4.69, 9.17) is 16.3 Å². The van der Waals surface area contributed by atoms with E-state index < -0.39 is 5.82 Å². The van der Waals surface area contributed by atoms with Crippen molar-refractivity contribution < 1.29 is 9.13 Å². The maximum absolute atomic E-state index is 14.1. The third kappa shape index (κ3) is 3.30. The highest BCUT2D eigenvalue weighted by atomic mass is 79.9. The second-order valence-corrected chi connectivity index (χ2v) is 5.84. The van der Waals surface area contributed by atoms with Gasteiger partial charge in [0.2, 0.25) is 0 Å². The number of ether oxygens (including phenoxy) is 1. The van der Waals surface area contributed by atoms with Crippen molar-refractivity contribution in [2.45, 2.75) is 25.6 Å². The van der Waals surface area contributed by atoms with Crippen LogP contribution in [0.4, 0.5) is 4.39 Å². The normalized spacial score (nSPS) is 10.9. The molecule has 0 aliphatic carbocycles. The molecule has 20 heavy (non-hydrogen) atoms. The molecule has 2 nitrogen and oxygen atoms in total. The monoisotopic (exact) mass is 357 g/mol. The molecular formula is C15H14BrClFNO. The molecule has 0 fully saturated rings. The Kier molecular flexibility index (Phi) is 5.00. The number of benzene rings is 1. The molecule has 0 atom stereocenters. The predicted octanol–water partition coefficient (Wildman–Crippen LogP) is 5.64. The highest BCUT2D eigenvalue weighted by molar-refractivity contribution is 9.10. The van der Waals surface area contributed by atoms with Gasteiger partial charge < -0.3 is 4.74 Å². The SMILES string of the molecule is CC(C)c1cc(Br)ccc1Oc1nccc(CCl)c1F. The predicted molar refractivity (Wildman–Crippen MR) is 82.1 cm³/mol. The number of hydrogen-bond acceptors (Lipinski definition) is 2. The lowest BCUT2D eigenvalue weighted by atomic mass is 10.0. The van der Waals surface area contributed by atoms with Crippen molar-refractivity contribution in [1.82, 2.24) is 4.98 Å². The number of aromatic nitrogens is 1. The van der Waals surface area contributed by atoms with Gasteiger partial charge in [0.25, 0.3) is 5.88 Å². The molecule has 0 amide bonds. The summed E-state index contributed by atoms with van der Waals surface area (Å²) in [6.07, 6.45) is 1.49. The van der Waals surface area contributed by atoms with Crippen molar-refractivity contribution >= 4 is 27.5 Å². The Labute approximate surface area is 131 Å². The van der Waals surface area contributed by atoms with Crippen LogP contribution in [0.15, 0.2) is 34.9 Å². The minimum atomic E-state index is -0.514. The topological polar surface area (TPSA) is 22.1 Å². The van der Waals surface area contributed by atoms with Gasteiger partial charge in [-0.05, 0) is 35.7 Å². The molecule has 0 aliphatic heterocycles. The van der Waals surface area contributed by atoms with Gasteiger partial charge in [-0.3, -0.25) is 0 Å². The Morgan fingerprint density at radius 2 is 2.10 bits per heavy atom. The minimum absolute atomic E-state index is 0.0487. The number of rotatable bonds is 4. The number of pyridine rings is 1. The van der Waals surface area contributed by atoms with Crippen molar-refractivity contribution in [2.24, 2.45) is 0 Å². The van der Waals surface area contributed by atoms with Gasteiger partial charge in [-0.1, -0.05) is 29.8 Å². The number of hydrogen-bond donors (Lipinski definition) is 0. The molecule has 0 spiro atoms. The van der Waals surface area contributed by atoms with Crippen LogP contribution in [0.25, 0.3) is 0 Å². The molecule has 0 saturated carbocycles. The van der Waals surface area contributed by atoms with E-state index >= 15 is 0 Å². The van der Waals surface area contributed by atoms with Gasteiger partial charge in [0.15, 0.2) is 5.82 Å². The van der Waals surface area contributed by atoms with Crippen molar-refractivity contribution in [1.29, 1.82) is 0 Å². The zero-order chi connectivity index (χ0) is 14.7. The first-order chi connectivity index (χ1) is 9.52. The number of halogens is 3. The lowest BCUT2D eigenvalue weighted by Gasteiger charge is -2.14. The Balaban J connectivity index is 2.40. The molecule has 0 aliphatic rings. The van der Waals surface area contributed by atoms with E-state index in [2.05, 4.69) is 20.9 Å². The fourth-order valence-electron chi connectivity index (χ4n) is 1.80. The van der Waals surface area contributed by atoms with E-state index in [-0.39, 0.29) is 17.7 Å². The molecule has 2 aromatic rings. The zero-order valence-corrected chi connectivity index (χ0v) is 13.5. The van der Waals surface area contributed by atoms with E-state index in [0.717, 1.165) is 10.0 Å². The maximum Gasteiger partial charge on any atom is 0.256 e. The van der Waals surface area contributed by atoms with Gasteiger partial charge in [0.1, 0.15) is 5.75 Å². The molecule has 0 bridgehead atoms. The van der Waals surface area contributed by atoms with E-state index in [1.807, 2.05) is 26.0 Å². The fourth-order valence-corrected chi connectivity index (χ4v) is 2.39. The molecule has 0 unspecified atom stereocenters. The van der Waals surface area contributed by atoms with Gasteiger partial charge in [0.05, 0.1) is 5.88 Å². The summed E-state index contributed by atoms with van der Waals surface area (Å²) in [5.74, 6) is 0.373. The second-order valence-electron chi connectivity index (χ2n) is 4.66. The van der Waals surface area contributed by atoms with Crippen LogP contribution >= 0.6 is 27.5 Å². The molecule has 1 heterocycles. The summed E-state index contributed by atoms with van der Waals surface area (Å²) in [5.41, 5.74) is 1.36. The summed E-state index contributed by atoms with van der Waals surface area (Å²) in [4.78, 5) is 3.94. The summed E-state index contributed by atoms with van der Waals surface area (Å²) < 4.78 is 20.7. The average molecular weight is 359 g/mol. The Morgan fingerprint density at radius 3 is 2.75 bits per heavy atom. The maximum atomic E-state index is 14.1. The number of alkyl halides is 1. The third-order valence-electron chi connectivity index (χ3n) is 2.88. The van der Waals surface area contributed by atoms with Crippen molar-refractivity contribution in [2.75, 3.05) is 0 Å². The first-order valence-corrected chi connectivity index (χ1v) is 7.52. The van der Waals surface area contributed by atoms with Crippen LogP contribution in [0.3, 0.4) is 0 Å². The Bertz CT molecular complexity index is 619. The van der Waals surface area contributed by atoms with Crippen LogP contribution in [0.5, 0.6) is 11.6 Å². The van der Waals surface area contributed by atoms with Crippen LogP contribution in [-0.4, -0.2) is 4.98 Å². The first kappa shape index (κ1) is 15.3. The molecule has 5 heteroatoms. The van der Waals surface area contributed by atoms with Crippen molar-refractivity contribution in [3.63, 3.8) is 0 Å². The van der Waals surface area contributed by atoms with E-state index in [1.54, 1.807) is 12.1 Å². The lowest BCUT2D eigenvalue weighted by Crippen LogP contribution is -1.99. The van der Waals surface area contributed by atoms with Crippen LogP contribution in [0.1, 0.15) is 30.9 Å².